The number of hydrogen-bond acceptors (Lipinski definition) is 8. The van der Waals surface area contributed by atoms with Crippen molar-refractivity contribution >= 4 is 69.3 Å². The number of hydrogen-bond donors (Lipinski definition) is 4. The van der Waals surface area contributed by atoms with Gasteiger partial charge < -0.3 is 35.1 Å². The van der Waals surface area contributed by atoms with Crippen LogP contribution in [0, 0.1) is 58.2 Å². The van der Waals surface area contributed by atoms with E-state index in [2.05, 4.69) is 60.6 Å². The fourth-order valence-corrected chi connectivity index (χ4v) is 3.23. The molecule has 0 unspecified atom stereocenters. The van der Waals surface area contributed by atoms with Crippen LogP contribution in [-0.2, 0) is 9.47 Å². The third kappa shape index (κ3) is 24.6. The van der Waals surface area contributed by atoms with Gasteiger partial charge in [-0.3, -0.25) is 4.39 Å². The van der Waals surface area contributed by atoms with Crippen LogP contribution in [0.15, 0.2) is 60.7 Å². The van der Waals surface area contributed by atoms with E-state index in [4.69, 9.17) is 21.1 Å². The first-order valence-corrected chi connectivity index (χ1v) is 20.1. The molecule has 4 rings (SSSR count). The lowest BCUT2D eigenvalue weighted by atomic mass is 10.2. The molecule has 0 aromatic heterocycles. The van der Waals surface area contributed by atoms with Crippen LogP contribution < -0.4 is 15.4 Å². The summed E-state index contributed by atoms with van der Waals surface area (Å²) >= 11 is 4.55. The molecule has 0 radical (unpaired) electrons. The van der Waals surface area contributed by atoms with Crippen LogP contribution in [0.5, 0.6) is 11.5 Å². The van der Waals surface area contributed by atoms with Crippen LogP contribution in [0.2, 0.25) is 0 Å². The molecule has 4 aromatic rings. The van der Waals surface area contributed by atoms with Gasteiger partial charge in [-0.05, 0) is 65.8 Å². The lowest BCUT2D eigenvalue weighted by Gasteiger charge is -2.18. The number of alkyl halides is 3. The summed E-state index contributed by atoms with van der Waals surface area (Å²) in [6.45, 7) is 10.9. The van der Waals surface area contributed by atoms with Crippen molar-refractivity contribution in [1.82, 2.24) is 10.6 Å². The Morgan fingerprint density at radius 3 is 1.08 bits per heavy atom. The maximum atomic E-state index is 13.3. The number of phenols is 1. The zero-order valence-corrected chi connectivity index (χ0v) is 39.2. The molecular weight excluding hydrogens is 1120 g/mol. The topological polar surface area (TPSA) is 160 Å². The maximum Gasteiger partial charge on any atom is 0.407 e. The molecule has 0 aliphatic heterocycles. The summed E-state index contributed by atoms with van der Waals surface area (Å²) in [4.78, 5) is 42.7. The summed E-state index contributed by atoms with van der Waals surface area (Å²) in [7, 11) is 2.07. The number of alkyl carbamates (subject to hydrolysis) is 2. The number of halogens is 13. The first-order chi connectivity index (χ1) is 29.9. The molecule has 358 valence electrons. The monoisotopic (exact) mass is 1160 g/mol. The zero-order chi connectivity index (χ0) is 51.4. The van der Waals surface area contributed by atoms with Crippen LogP contribution in [0.1, 0.15) is 63.6 Å². The number of amides is 2. The Balaban J connectivity index is -0.000000746. The highest BCUT2D eigenvalue weighted by atomic mass is 127. The van der Waals surface area contributed by atoms with Crippen molar-refractivity contribution in [2.24, 2.45) is 0 Å². The summed E-state index contributed by atoms with van der Waals surface area (Å²) in [6.07, 6.45) is -0.773. The molecule has 11 nitrogen and oxygen atoms in total. The Morgan fingerprint density at radius 1 is 0.578 bits per heavy atom. The minimum Gasteiger partial charge on any atom is -0.503 e. The molecule has 0 spiro atoms. The van der Waals surface area contributed by atoms with Crippen molar-refractivity contribution in [3.05, 3.63) is 130 Å². The van der Waals surface area contributed by atoms with E-state index in [1.807, 2.05) is 41.5 Å². The van der Waals surface area contributed by atoms with E-state index in [-0.39, 0.29) is 29.0 Å². The molecule has 0 bridgehead atoms. The summed E-state index contributed by atoms with van der Waals surface area (Å²) in [5, 5.41) is 21.4. The summed E-state index contributed by atoms with van der Waals surface area (Å²) in [5.74, 6) is -27.8. The van der Waals surface area contributed by atoms with E-state index in [9.17, 15) is 67.5 Å². The number of aromatic hydroxyl groups is 1. The van der Waals surface area contributed by atoms with E-state index in [1.54, 1.807) is 36.4 Å². The SMILES string of the molecule is CNC(=O)OC(C)(C)C.CNC(=O)OC(C)(C)C.ICI.O=C(O)c1ccccc1.O=C(Oc1c(F)c(F)c(F)c(F)c1F)c1ccccc1.Oc1c(F)c(F)c(F)c(F)c1F.[2H]CF. The van der Waals surface area contributed by atoms with Crippen LogP contribution in [-0.4, -0.2) is 69.2 Å². The van der Waals surface area contributed by atoms with E-state index >= 15 is 0 Å². The molecule has 0 heterocycles. The Bertz CT molecular complexity index is 1940. The highest BCUT2D eigenvalue weighted by Gasteiger charge is 2.29. The first-order valence-electron chi connectivity index (χ1n) is 17.7. The van der Waals surface area contributed by atoms with Crippen LogP contribution >= 0.6 is 45.2 Å². The minimum absolute atomic E-state index is 0.101. The second-order valence-electron chi connectivity index (χ2n) is 12.8. The Hall–Kier alpha value is -5.15. The molecule has 2 amide bonds. The fourth-order valence-electron chi connectivity index (χ4n) is 3.23. The van der Waals surface area contributed by atoms with Crippen LogP contribution in [0.3, 0.4) is 0 Å². The highest BCUT2D eigenvalue weighted by Crippen LogP contribution is 2.30. The van der Waals surface area contributed by atoms with Crippen molar-refractivity contribution in [3.63, 3.8) is 0 Å². The molecule has 64 heavy (non-hydrogen) atoms. The summed E-state index contributed by atoms with van der Waals surface area (Å²) < 4.78 is 156. The van der Waals surface area contributed by atoms with E-state index in [0.717, 1.165) is 0 Å². The Labute approximate surface area is 389 Å². The number of phenolic OH excluding ortho intramolecular Hbond substituents is 1. The zero-order valence-electron chi connectivity index (χ0n) is 35.9. The number of carboxylic acid groups (broad SMARTS) is 1. The van der Waals surface area contributed by atoms with Gasteiger partial charge in [0, 0.05) is 14.1 Å². The van der Waals surface area contributed by atoms with Gasteiger partial charge in [0.15, 0.2) is 5.75 Å². The third-order valence-electron chi connectivity index (χ3n) is 5.79. The lowest BCUT2D eigenvalue weighted by Crippen LogP contribution is -2.30. The summed E-state index contributed by atoms with van der Waals surface area (Å²) in [5.41, 5.74) is -0.547. The maximum absolute atomic E-state index is 13.3. The smallest absolute Gasteiger partial charge is 0.407 e. The van der Waals surface area contributed by atoms with Crippen molar-refractivity contribution < 1.29 is 93.3 Å². The number of carbonyl (C=O) groups excluding carboxylic acids is 3. The van der Waals surface area contributed by atoms with Gasteiger partial charge >= 0.3 is 24.1 Å². The van der Waals surface area contributed by atoms with Gasteiger partial charge in [0.25, 0.3) is 0 Å². The first kappa shape index (κ1) is 60.9. The van der Waals surface area contributed by atoms with E-state index in [0.29, 0.717) is 5.56 Å². The quantitative estimate of drug-likeness (QED) is 0.0298. The number of esters is 1. The van der Waals surface area contributed by atoms with Crippen LogP contribution in [0.4, 0.5) is 57.9 Å². The molecular formula is C40H43F11I2N2O9. The molecule has 0 aliphatic carbocycles. The van der Waals surface area contributed by atoms with Gasteiger partial charge in [0.2, 0.25) is 63.9 Å². The second-order valence-corrected chi connectivity index (χ2v) is 17.3. The van der Waals surface area contributed by atoms with Gasteiger partial charge in [-0.1, -0.05) is 81.6 Å². The molecule has 0 atom stereocenters. The summed E-state index contributed by atoms with van der Waals surface area (Å²) in [6, 6.07) is 15.3. The largest absolute Gasteiger partial charge is 0.503 e. The molecule has 4 aromatic carbocycles. The predicted molar refractivity (Wildman–Crippen MR) is 229 cm³/mol. The van der Waals surface area contributed by atoms with Crippen molar-refractivity contribution in [1.29, 1.82) is 0 Å². The normalized spacial score (nSPS) is 10.0. The van der Waals surface area contributed by atoms with Crippen molar-refractivity contribution in [3.8, 4) is 11.5 Å². The second kappa shape index (κ2) is 31.7. The van der Waals surface area contributed by atoms with Gasteiger partial charge in [0.1, 0.15) is 11.2 Å². The van der Waals surface area contributed by atoms with Crippen molar-refractivity contribution in [2.45, 2.75) is 52.7 Å². The number of ether oxygens (including phenoxy) is 3. The van der Waals surface area contributed by atoms with Crippen LogP contribution in [0.25, 0.3) is 0 Å². The Kier molecular flexibility index (Phi) is 30.1. The minimum atomic E-state index is -2.32. The van der Waals surface area contributed by atoms with Crippen molar-refractivity contribution in [2.75, 3.05) is 23.7 Å². The molecule has 24 heteroatoms. The van der Waals surface area contributed by atoms with Gasteiger partial charge in [0.05, 0.1) is 22.1 Å². The van der Waals surface area contributed by atoms with E-state index < -0.39 is 88.8 Å². The molecule has 0 saturated carbocycles. The van der Waals surface area contributed by atoms with Gasteiger partial charge in [-0.2, -0.15) is 17.6 Å². The number of benzene rings is 4. The third-order valence-corrected chi connectivity index (χ3v) is 5.79. The Morgan fingerprint density at radius 2 is 0.844 bits per heavy atom. The number of carboxylic acids is 1. The fraction of sp³-hybridized carbons (Fsp3) is 0.300. The highest BCUT2D eigenvalue weighted by molar-refractivity contribution is 14.2. The number of nitrogens with one attached hydrogen (secondary N) is 2. The number of carbonyl (C=O) groups is 4. The van der Waals surface area contributed by atoms with Gasteiger partial charge in [-0.15, -0.1) is 0 Å². The lowest BCUT2D eigenvalue weighted by molar-refractivity contribution is 0.0530. The molecule has 0 fully saturated rings. The number of rotatable bonds is 3. The predicted octanol–water partition coefficient (Wildman–Crippen LogP) is 11.8. The standard InChI is InChI=1S/C13H5F5O2.C7H6O2.C6HF5O.2C6H13NO2.CH3F.CH2I2/c14-7-8(15)10(17)12(11(18)9(7)16)20-13(19)6-4-2-1-3-5-6;8-7(9)6-4-2-1-3-5-6;7-1-2(8)4(10)6(12)5(11)3(1)9;2*1-6(2,3)9-5(8)7-4;1-2;2-1-3/h1-5H;1-5H,(H,8,9);12H;2*1-4H3,(H,7,8);1H3;1H2/i;;;;;1D;. The molecule has 4 N–H and O–H groups in total. The molecule has 0 aliphatic rings. The number of aromatic carboxylic acids is 1. The van der Waals surface area contributed by atoms with E-state index in [1.165, 1.54) is 40.8 Å². The van der Waals surface area contributed by atoms with Gasteiger partial charge in [-0.25, -0.2) is 45.5 Å². The average molecular weight is 1160 g/mol. The average Bonchev–Trinajstić information content (AvgIpc) is 3.25. The molecule has 0 saturated heterocycles.